The fourth-order valence-corrected chi connectivity index (χ4v) is 2.13. The molecule has 0 saturated carbocycles. The molecule has 0 spiro atoms. The van der Waals surface area contributed by atoms with E-state index in [9.17, 15) is 9.18 Å². The molecule has 2 N–H and O–H groups in total. The van der Waals surface area contributed by atoms with E-state index >= 15 is 0 Å². The lowest BCUT2D eigenvalue weighted by molar-refractivity contribution is 0.206. The first-order chi connectivity index (χ1) is 8.54. The molecule has 0 aliphatic carbocycles. The van der Waals surface area contributed by atoms with Crippen LogP contribution in [0.3, 0.4) is 0 Å². The van der Waals surface area contributed by atoms with E-state index in [0.29, 0.717) is 17.7 Å². The standard InChI is InChI=1S/C13H16FN3O/c1-3-6-17-11(12(15)16-13(17)18)9-5-4-8(2)10(14)7-9/h4-5,7,11H,3,6H2,1-2H3,(H2,15,16,18). The Hall–Kier alpha value is -1.91. The van der Waals surface area contributed by atoms with Gasteiger partial charge in [0.15, 0.2) is 0 Å². The van der Waals surface area contributed by atoms with Crippen LogP contribution in [0.4, 0.5) is 9.18 Å². The van der Waals surface area contributed by atoms with Gasteiger partial charge >= 0.3 is 6.03 Å². The van der Waals surface area contributed by atoms with Crippen molar-refractivity contribution in [1.82, 2.24) is 10.2 Å². The maximum absolute atomic E-state index is 13.6. The number of amides is 2. The molecule has 18 heavy (non-hydrogen) atoms. The summed E-state index contributed by atoms with van der Waals surface area (Å²) in [6.07, 6.45) is 0.797. The van der Waals surface area contributed by atoms with Gasteiger partial charge in [0.1, 0.15) is 17.7 Å². The fourth-order valence-electron chi connectivity index (χ4n) is 2.13. The Kier molecular flexibility index (Phi) is 3.32. The average Bonchev–Trinajstić information content (AvgIpc) is 2.59. The second kappa shape index (κ2) is 4.76. The number of nitrogens with one attached hydrogen (secondary N) is 2. The molecule has 0 radical (unpaired) electrons. The van der Waals surface area contributed by atoms with E-state index in [1.54, 1.807) is 24.0 Å². The number of hydrogen-bond acceptors (Lipinski definition) is 2. The Morgan fingerprint density at radius 1 is 1.50 bits per heavy atom. The number of amidine groups is 1. The highest BCUT2D eigenvalue weighted by molar-refractivity contribution is 6.06. The van der Waals surface area contributed by atoms with Crippen LogP contribution >= 0.6 is 0 Å². The molecule has 1 fully saturated rings. The second-order valence-electron chi connectivity index (χ2n) is 4.45. The number of nitrogens with zero attached hydrogens (tertiary/aromatic N) is 1. The Morgan fingerprint density at radius 3 is 2.83 bits per heavy atom. The van der Waals surface area contributed by atoms with Crippen LogP contribution in [-0.4, -0.2) is 23.3 Å². The normalized spacial score (nSPS) is 19.3. The number of aryl methyl sites for hydroxylation is 1. The van der Waals surface area contributed by atoms with Crippen LogP contribution in [0.2, 0.25) is 0 Å². The zero-order valence-electron chi connectivity index (χ0n) is 10.5. The molecule has 1 saturated heterocycles. The summed E-state index contributed by atoms with van der Waals surface area (Å²) in [5.74, 6) is -0.201. The van der Waals surface area contributed by atoms with Crippen LogP contribution in [0, 0.1) is 18.2 Å². The van der Waals surface area contributed by atoms with Crippen molar-refractivity contribution in [2.24, 2.45) is 0 Å². The van der Waals surface area contributed by atoms with E-state index in [-0.39, 0.29) is 17.7 Å². The minimum atomic E-state index is -0.493. The molecule has 1 unspecified atom stereocenters. The van der Waals surface area contributed by atoms with Gasteiger partial charge in [-0.05, 0) is 30.5 Å². The smallest absolute Gasteiger partial charge is 0.310 e. The first-order valence-electron chi connectivity index (χ1n) is 5.96. The molecule has 1 aromatic carbocycles. The van der Waals surface area contributed by atoms with E-state index in [0.717, 1.165) is 6.42 Å². The summed E-state index contributed by atoms with van der Waals surface area (Å²) in [5, 5.41) is 10.3. The molecule has 1 atom stereocenters. The highest BCUT2D eigenvalue weighted by atomic mass is 19.1. The summed E-state index contributed by atoms with van der Waals surface area (Å²) < 4.78 is 13.6. The molecule has 1 aromatic rings. The molecule has 2 rings (SSSR count). The average molecular weight is 249 g/mol. The SMILES string of the molecule is CCCN1C(=O)NC(=N)C1c1ccc(C)c(F)c1. The van der Waals surface area contributed by atoms with Crippen molar-refractivity contribution in [2.75, 3.05) is 6.54 Å². The number of halogens is 1. The third kappa shape index (κ3) is 2.08. The summed E-state index contributed by atoms with van der Waals surface area (Å²) in [4.78, 5) is 13.3. The summed E-state index contributed by atoms with van der Waals surface area (Å²) in [6, 6.07) is 4.06. The predicted molar refractivity (Wildman–Crippen MR) is 67.1 cm³/mol. The Labute approximate surface area is 105 Å². The summed E-state index contributed by atoms with van der Waals surface area (Å²) in [6.45, 7) is 4.20. The molecule has 1 aliphatic heterocycles. The molecular formula is C13H16FN3O. The minimum absolute atomic E-state index is 0.108. The Balaban J connectivity index is 2.37. The third-order valence-electron chi connectivity index (χ3n) is 3.06. The highest BCUT2D eigenvalue weighted by Crippen LogP contribution is 2.27. The van der Waals surface area contributed by atoms with E-state index in [4.69, 9.17) is 5.41 Å². The molecule has 1 heterocycles. The topological polar surface area (TPSA) is 56.2 Å². The number of benzene rings is 1. The largest absolute Gasteiger partial charge is 0.323 e. The Morgan fingerprint density at radius 2 is 2.22 bits per heavy atom. The summed E-state index contributed by atoms with van der Waals surface area (Å²) in [5.41, 5.74) is 1.19. The summed E-state index contributed by atoms with van der Waals surface area (Å²) >= 11 is 0. The van der Waals surface area contributed by atoms with Crippen molar-refractivity contribution in [3.8, 4) is 0 Å². The number of carbonyl (C=O) groups is 1. The quantitative estimate of drug-likeness (QED) is 0.850. The summed E-state index contributed by atoms with van der Waals surface area (Å²) in [7, 11) is 0. The van der Waals surface area contributed by atoms with Gasteiger partial charge < -0.3 is 4.90 Å². The van der Waals surface area contributed by atoms with E-state index < -0.39 is 6.04 Å². The van der Waals surface area contributed by atoms with Gasteiger partial charge in [-0.25, -0.2) is 9.18 Å². The van der Waals surface area contributed by atoms with Crippen LogP contribution < -0.4 is 5.32 Å². The molecule has 2 amide bonds. The van der Waals surface area contributed by atoms with Crippen LogP contribution in [-0.2, 0) is 0 Å². The van der Waals surface area contributed by atoms with Crippen LogP contribution in [0.5, 0.6) is 0 Å². The van der Waals surface area contributed by atoms with Gasteiger partial charge in [0, 0.05) is 6.54 Å². The molecule has 96 valence electrons. The Bertz CT molecular complexity index is 501. The van der Waals surface area contributed by atoms with E-state index in [1.165, 1.54) is 6.07 Å². The molecule has 0 aromatic heterocycles. The number of urea groups is 1. The van der Waals surface area contributed by atoms with Gasteiger partial charge in [-0.3, -0.25) is 10.7 Å². The van der Waals surface area contributed by atoms with Crippen LogP contribution in [0.15, 0.2) is 18.2 Å². The van der Waals surface area contributed by atoms with Gasteiger partial charge in [-0.1, -0.05) is 19.1 Å². The maximum atomic E-state index is 13.6. The van der Waals surface area contributed by atoms with E-state index in [2.05, 4.69) is 5.32 Å². The van der Waals surface area contributed by atoms with Crippen molar-refractivity contribution in [2.45, 2.75) is 26.3 Å². The van der Waals surface area contributed by atoms with Gasteiger partial charge in [-0.15, -0.1) is 0 Å². The van der Waals surface area contributed by atoms with Gasteiger partial charge in [-0.2, -0.15) is 0 Å². The van der Waals surface area contributed by atoms with Crippen molar-refractivity contribution in [3.63, 3.8) is 0 Å². The minimum Gasteiger partial charge on any atom is -0.310 e. The monoisotopic (exact) mass is 249 g/mol. The van der Waals surface area contributed by atoms with Gasteiger partial charge in [0.25, 0.3) is 0 Å². The molecule has 5 heteroatoms. The van der Waals surface area contributed by atoms with Gasteiger partial charge in [0.2, 0.25) is 0 Å². The van der Waals surface area contributed by atoms with Crippen LogP contribution in [0.1, 0.15) is 30.5 Å². The molecule has 4 nitrogen and oxygen atoms in total. The van der Waals surface area contributed by atoms with Crippen molar-refractivity contribution in [3.05, 3.63) is 35.1 Å². The lowest BCUT2D eigenvalue weighted by Gasteiger charge is -2.22. The zero-order chi connectivity index (χ0) is 13.3. The number of rotatable bonds is 3. The first-order valence-corrected chi connectivity index (χ1v) is 5.96. The van der Waals surface area contributed by atoms with Crippen LogP contribution in [0.25, 0.3) is 0 Å². The zero-order valence-corrected chi connectivity index (χ0v) is 10.5. The second-order valence-corrected chi connectivity index (χ2v) is 4.45. The number of hydrogen-bond donors (Lipinski definition) is 2. The predicted octanol–water partition coefficient (Wildman–Crippen LogP) is 2.59. The molecule has 1 aliphatic rings. The lowest BCUT2D eigenvalue weighted by atomic mass is 10.0. The van der Waals surface area contributed by atoms with Gasteiger partial charge in [0.05, 0.1) is 0 Å². The maximum Gasteiger partial charge on any atom is 0.323 e. The molecule has 0 bridgehead atoms. The van der Waals surface area contributed by atoms with Crippen molar-refractivity contribution >= 4 is 11.9 Å². The lowest BCUT2D eigenvalue weighted by Crippen LogP contribution is -2.30. The van der Waals surface area contributed by atoms with Crippen molar-refractivity contribution < 1.29 is 9.18 Å². The first kappa shape index (κ1) is 12.5. The fraction of sp³-hybridized carbons (Fsp3) is 0.385. The molecular weight excluding hydrogens is 233 g/mol. The van der Waals surface area contributed by atoms with E-state index in [1.807, 2.05) is 6.92 Å². The van der Waals surface area contributed by atoms with Crippen molar-refractivity contribution in [1.29, 1.82) is 5.41 Å². The number of carbonyl (C=O) groups excluding carboxylic acids is 1. The highest BCUT2D eigenvalue weighted by Gasteiger charge is 2.36. The third-order valence-corrected chi connectivity index (χ3v) is 3.06.